The average molecular weight is 355 g/mol. The Morgan fingerprint density at radius 2 is 1.72 bits per heavy atom. The number of pyridine rings is 2. The summed E-state index contributed by atoms with van der Waals surface area (Å²) in [6, 6.07) is 12.2. The molecule has 128 valence electrons. The molecule has 3 rings (SSSR count). The Labute approximate surface area is 146 Å². The molecule has 0 aliphatic heterocycles. The van der Waals surface area contributed by atoms with Gasteiger partial charge in [-0.25, -0.2) is 18.4 Å². The van der Waals surface area contributed by atoms with Crippen molar-refractivity contribution < 1.29 is 13.2 Å². The van der Waals surface area contributed by atoms with Crippen LogP contribution in [0.15, 0.2) is 59.8 Å². The number of benzene rings is 1. The van der Waals surface area contributed by atoms with Gasteiger partial charge in [-0.1, -0.05) is 12.1 Å². The molecular formula is C18H17N3O3S. The maximum atomic E-state index is 11.6. The molecule has 0 saturated carbocycles. The zero-order valence-electron chi connectivity index (χ0n) is 13.8. The molecule has 0 aliphatic carbocycles. The van der Waals surface area contributed by atoms with Gasteiger partial charge < -0.3 is 10.5 Å². The Morgan fingerprint density at radius 1 is 1.00 bits per heavy atom. The van der Waals surface area contributed by atoms with E-state index in [4.69, 9.17) is 10.5 Å². The maximum Gasteiger partial charge on any atom is 0.221 e. The molecule has 0 atom stereocenters. The molecule has 2 N–H and O–H groups in total. The van der Waals surface area contributed by atoms with Crippen molar-refractivity contribution in [2.24, 2.45) is 0 Å². The normalized spacial score (nSPS) is 11.3. The zero-order chi connectivity index (χ0) is 18.0. The highest BCUT2D eigenvalue weighted by Crippen LogP contribution is 2.34. The van der Waals surface area contributed by atoms with E-state index in [1.165, 1.54) is 6.26 Å². The highest BCUT2D eigenvalue weighted by atomic mass is 32.2. The SMILES string of the molecule is COc1ncccc1-c1cc(-c2ccc(S(C)(=O)=O)cc2)cnc1N. The molecule has 1 aromatic carbocycles. The van der Waals surface area contributed by atoms with Crippen molar-refractivity contribution in [3.8, 4) is 28.1 Å². The second-order valence-electron chi connectivity index (χ2n) is 5.51. The van der Waals surface area contributed by atoms with E-state index in [9.17, 15) is 8.42 Å². The predicted molar refractivity (Wildman–Crippen MR) is 97.0 cm³/mol. The molecule has 0 fully saturated rings. The number of nitrogen functional groups attached to an aromatic ring is 1. The van der Waals surface area contributed by atoms with Crippen molar-refractivity contribution in [3.05, 3.63) is 54.9 Å². The molecule has 0 amide bonds. The van der Waals surface area contributed by atoms with Gasteiger partial charge in [-0.3, -0.25) is 0 Å². The van der Waals surface area contributed by atoms with Gasteiger partial charge in [0.1, 0.15) is 5.82 Å². The summed E-state index contributed by atoms with van der Waals surface area (Å²) in [4.78, 5) is 8.71. The molecule has 25 heavy (non-hydrogen) atoms. The quantitative estimate of drug-likeness (QED) is 0.773. The molecule has 0 bridgehead atoms. The first-order valence-electron chi connectivity index (χ1n) is 7.45. The third-order valence-electron chi connectivity index (χ3n) is 3.79. The van der Waals surface area contributed by atoms with Gasteiger partial charge in [-0.2, -0.15) is 0 Å². The summed E-state index contributed by atoms with van der Waals surface area (Å²) in [6.45, 7) is 0. The number of nitrogens with zero attached hydrogens (tertiary/aromatic N) is 2. The van der Waals surface area contributed by atoms with Crippen LogP contribution in [-0.4, -0.2) is 31.8 Å². The molecule has 6 nitrogen and oxygen atoms in total. The summed E-state index contributed by atoms with van der Waals surface area (Å²) in [6.07, 6.45) is 4.47. The van der Waals surface area contributed by atoms with Crippen LogP contribution in [0.25, 0.3) is 22.3 Å². The van der Waals surface area contributed by atoms with Crippen LogP contribution in [-0.2, 0) is 9.84 Å². The number of rotatable bonds is 4. The van der Waals surface area contributed by atoms with E-state index in [0.29, 0.717) is 17.3 Å². The van der Waals surface area contributed by atoms with Crippen LogP contribution in [0.4, 0.5) is 5.82 Å². The molecular weight excluding hydrogens is 338 g/mol. The lowest BCUT2D eigenvalue weighted by atomic mass is 10.0. The Kier molecular flexibility index (Phi) is 4.41. The number of methoxy groups -OCH3 is 1. The molecule has 0 unspecified atom stereocenters. The Balaban J connectivity index is 2.08. The highest BCUT2D eigenvalue weighted by Gasteiger charge is 2.13. The van der Waals surface area contributed by atoms with Gasteiger partial charge in [0.05, 0.1) is 12.0 Å². The van der Waals surface area contributed by atoms with E-state index in [1.54, 1.807) is 49.8 Å². The number of hydrogen-bond acceptors (Lipinski definition) is 6. The number of nitrogens with two attached hydrogens (primary N) is 1. The Hall–Kier alpha value is -2.93. The van der Waals surface area contributed by atoms with Crippen LogP contribution in [0.5, 0.6) is 5.88 Å². The second-order valence-corrected chi connectivity index (χ2v) is 7.53. The number of hydrogen-bond donors (Lipinski definition) is 1. The summed E-state index contributed by atoms with van der Waals surface area (Å²) in [5.41, 5.74) is 9.13. The van der Waals surface area contributed by atoms with Crippen molar-refractivity contribution >= 4 is 15.7 Å². The number of sulfone groups is 1. The van der Waals surface area contributed by atoms with Crippen LogP contribution in [0, 0.1) is 0 Å². The van der Waals surface area contributed by atoms with Gasteiger partial charge >= 0.3 is 0 Å². The van der Waals surface area contributed by atoms with Crippen LogP contribution < -0.4 is 10.5 Å². The number of aromatic nitrogens is 2. The fourth-order valence-electron chi connectivity index (χ4n) is 2.50. The van der Waals surface area contributed by atoms with Crippen molar-refractivity contribution in [1.82, 2.24) is 9.97 Å². The smallest absolute Gasteiger partial charge is 0.221 e. The fraction of sp³-hybridized carbons (Fsp3) is 0.111. The van der Waals surface area contributed by atoms with E-state index in [1.807, 2.05) is 12.1 Å². The maximum absolute atomic E-state index is 11.6. The summed E-state index contributed by atoms with van der Waals surface area (Å²) in [5.74, 6) is 0.823. The van der Waals surface area contributed by atoms with Gasteiger partial charge in [0.2, 0.25) is 5.88 Å². The molecule has 0 spiro atoms. The van der Waals surface area contributed by atoms with Crippen LogP contribution in [0.3, 0.4) is 0 Å². The lowest BCUT2D eigenvalue weighted by molar-refractivity contribution is 0.399. The largest absolute Gasteiger partial charge is 0.481 e. The number of ether oxygens (including phenoxy) is 1. The van der Waals surface area contributed by atoms with Gasteiger partial charge in [-0.05, 0) is 35.9 Å². The summed E-state index contributed by atoms with van der Waals surface area (Å²) < 4.78 is 28.5. The molecule has 2 heterocycles. The summed E-state index contributed by atoms with van der Waals surface area (Å²) >= 11 is 0. The third-order valence-corrected chi connectivity index (χ3v) is 4.92. The minimum Gasteiger partial charge on any atom is -0.481 e. The highest BCUT2D eigenvalue weighted by molar-refractivity contribution is 7.90. The van der Waals surface area contributed by atoms with Gasteiger partial charge in [0.25, 0.3) is 0 Å². The van der Waals surface area contributed by atoms with E-state index < -0.39 is 9.84 Å². The van der Waals surface area contributed by atoms with Crippen LogP contribution in [0.2, 0.25) is 0 Å². The molecule has 3 aromatic rings. The van der Waals surface area contributed by atoms with E-state index in [2.05, 4.69) is 9.97 Å². The van der Waals surface area contributed by atoms with E-state index in [0.717, 1.165) is 16.7 Å². The Morgan fingerprint density at radius 3 is 2.36 bits per heavy atom. The topological polar surface area (TPSA) is 95.2 Å². The summed E-state index contributed by atoms with van der Waals surface area (Å²) in [5, 5.41) is 0. The fourth-order valence-corrected chi connectivity index (χ4v) is 3.13. The first-order valence-corrected chi connectivity index (χ1v) is 9.34. The molecule has 2 aromatic heterocycles. The minimum absolute atomic E-state index is 0.272. The van der Waals surface area contributed by atoms with E-state index in [-0.39, 0.29) is 4.90 Å². The minimum atomic E-state index is -3.23. The first-order chi connectivity index (χ1) is 11.9. The van der Waals surface area contributed by atoms with Crippen LogP contribution >= 0.6 is 0 Å². The lowest BCUT2D eigenvalue weighted by Crippen LogP contribution is -1.98. The molecule has 7 heteroatoms. The standard InChI is InChI=1S/C18H17N3O3S/c1-24-18-15(4-3-9-20-18)16-10-13(11-21-17(16)19)12-5-7-14(8-6-12)25(2,22)23/h3-11H,1-2H3,(H2,19,21). The lowest BCUT2D eigenvalue weighted by Gasteiger charge is -2.11. The molecule has 0 saturated heterocycles. The Bertz CT molecular complexity index is 1020. The molecule has 0 aliphatic rings. The van der Waals surface area contributed by atoms with Gasteiger partial charge in [0.15, 0.2) is 9.84 Å². The molecule has 0 radical (unpaired) electrons. The van der Waals surface area contributed by atoms with Crippen molar-refractivity contribution in [2.75, 3.05) is 19.1 Å². The van der Waals surface area contributed by atoms with Crippen molar-refractivity contribution in [3.63, 3.8) is 0 Å². The van der Waals surface area contributed by atoms with Gasteiger partial charge in [0, 0.05) is 35.3 Å². The number of anilines is 1. The van der Waals surface area contributed by atoms with Crippen molar-refractivity contribution in [2.45, 2.75) is 4.90 Å². The first kappa shape index (κ1) is 16.9. The van der Waals surface area contributed by atoms with Gasteiger partial charge in [-0.15, -0.1) is 0 Å². The van der Waals surface area contributed by atoms with Crippen molar-refractivity contribution in [1.29, 1.82) is 0 Å². The second kappa shape index (κ2) is 6.52. The summed E-state index contributed by atoms with van der Waals surface area (Å²) in [7, 11) is -1.68. The monoisotopic (exact) mass is 355 g/mol. The van der Waals surface area contributed by atoms with Crippen LogP contribution in [0.1, 0.15) is 0 Å². The van der Waals surface area contributed by atoms with E-state index >= 15 is 0 Å². The predicted octanol–water partition coefficient (Wildman–Crippen LogP) is 2.80. The third kappa shape index (κ3) is 3.46. The average Bonchev–Trinajstić information content (AvgIpc) is 2.61. The zero-order valence-corrected chi connectivity index (χ0v) is 14.6.